The molecule has 0 bridgehead atoms. The number of hydrogen-bond acceptors (Lipinski definition) is 1. The molecule has 0 saturated heterocycles. The molecule has 19 heavy (non-hydrogen) atoms. The molecule has 0 aliphatic heterocycles. The summed E-state index contributed by atoms with van der Waals surface area (Å²) in [6.07, 6.45) is 16.9. The van der Waals surface area contributed by atoms with Crippen LogP contribution in [0.5, 0.6) is 0 Å². The molecule has 1 heteroatoms. The normalized spacial score (nSPS) is 26.1. The van der Waals surface area contributed by atoms with Crippen molar-refractivity contribution in [1.82, 2.24) is 5.32 Å². The third kappa shape index (κ3) is 7.34. The first kappa shape index (κ1) is 17.0. The van der Waals surface area contributed by atoms with Crippen molar-refractivity contribution in [2.24, 2.45) is 5.92 Å². The van der Waals surface area contributed by atoms with Gasteiger partial charge in [0.15, 0.2) is 0 Å². The maximum atomic E-state index is 3.99. The molecular formula is C18H37N. The minimum absolute atomic E-state index is 0.790. The summed E-state index contributed by atoms with van der Waals surface area (Å²) in [6, 6.07) is 1.60. The second kappa shape index (κ2) is 10.7. The quantitative estimate of drug-likeness (QED) is 0.530. The highest BCUT2D eigenvalue weighted by Crippen LogP contribution is 2.27. The first-order chi connectivity index (χ1) is 9.30. The van der Waals surface area contributed by atoms with Gasteiger partial charge in [-0.05, 0) is 38.0 Å². The van der Waals surface area contributed by atoms with E-state index in [0.717, 1.165) is 18.0 Å². The van der Waals surface area contributed by atoms with E-state index in [1.165, 1.54) is 77.0 Å². The van der Waals surface area contributed by atoms with Crippen LogP contribution >= 0.6 is 0 Å². The molecular weight excluding hydrogens is 230 g/mol. The van der Waals surface area contributed by atoms with Crippen molar-refractivity contribution in [1.29, 1.82) is 0 Å². The third-order valence-corrected chi connectivity index (χ3v) is 4.80. The zero-order valence-electron chi connectivity index (χ0n) is 13.7. The second-order valence-corrected chi connectivity index (χ2v) is 6.65. The van der Waals surface area contributed by atoms with Gasteiger partial charge in [0.25, 0.3) is 0 Å². The largest absolute Gasteiger partial charge is 0.311 e. The average molecular weight is 268 g/mol. The topological polar surface area (TPSA) is 12.0 Å². The molecule has 0 heterocycles. The predicted molar refractivity (Wildman–Crippen MR) is 86.6 cm³/mol. The summed E-state index contributed by atoms with van der Waals surface area (Å²) in [4.78, 5) is 0. The summed E-state index contributed by atoms with van der Waals surface area (Å²) in [5.41, 5.74) is 0. The van der Waals surface area contributed by atoms with E-state index in [0.29, 0.717) is 0 Å². The van der Waals surface area contributed by atoms with Gasteiger partial charge in [-0.25, -0.2) is 0 Å². The van der Waals surface area contributed by atoms with Crippen LogP contribution < -0.4 is 5.32 Å². The van der Waals surface area contributed by atoms with Crippen LogP contribution in [0.3, 0.4) is 0 Å². The highest BCUT2D eigenvalue weighted by molar-refractivity contribution is 4.78. The van der Waals surface area contributed by atoms with Gasteiger partial charge in [0.2, 0.25) is 0 Å². The smallest absolute Gasteiger partial charge is 0.00697 e. The van der Waals surface area contributed by atoms with E-state index in [9.17, 15) is 0 Å². The third-order valence-electron chi connectivity index (χ3n) is 4.80. The van der Waals surface area contributed by atoms with Gasteiger partial charge < -0.3 is 5.32 Å². The Balaban J connectivity index is 2.32. The molecule has 1 aliphatic carbocycles. The van der Waals surface area contributed by atoms with E-state index in [1.54, 1.807) is 0 Å². The van der Waals surface area contributed by atoms with Crippen LogP contribution in [0.15, 0.2) is 0 Å². The summed E-state index contributed by atoms with van der Waals surface area (Å²) >= 11 is 0. The molecule has 3 atom stereocenters. The Bertz CT molecular complexity index is 202. The summed E-state index contributed by atoms with van der Waals surface area (Å²) < 4.78 is 0. The highest BCUT2D eigenvalue weighted by atomic mass is 14.9. The minimum Gasteiger partial charge on any atom is -0.311 e. The molecule has 3 unspecified atom stereocenters. The maximum absolute atomic E-state index is 3.99. The Morgan fingerprint density at radius 2 is 1.74 bits per heavy atom. The van der Waals surface area contributed by atoms with Crippen LogP contribution in [0, 0.1) is 5.92 Å². The Kier molecular flexibility index (Phi) is 9.59. The molecule has 0 aromatic rings. The Hall–Kier alpha value is -0.0400. The standard InChI is InChI=1S/C18H37N/c1-4-7-12-17(10-6-3)19-18-13-8-11-16(9-5-2)14-15-18/h16-19H,4-15H2,1-3H3. The van der Waals surface area contributed by atoms with E-state index in [2.05, 4.69) is 26.1 Å². The molecule has 114 valence electrons. The molecule has 1 aliphatic rings. The molecule has 1 rings (SSSR count). The van der Waals surface area contributed by atoms with E-state index in [4.69, 9.17) is 0 Å². The lowest BCUT2D eigenvalue weighted by Crippen LogP contribution is -2.38. The van der Waals surface area contributed by atoms with Crippen LogP contribution in [0.4, 0.5) is 0 Å². The Morgan fingerprint density at radius 3 is 2.42 bits per heavy atom. The fourth-order valence-corrected chi connectivity index (χ4v) is 3.69. The lowest BCUT2D eigenvalue weighted by molar-refractivity contribution is 0.349. The van der Waals surface area contributed by atoms with Crippen molar-refractivity contribution in [2.45, 2.75) is 110 Å². The van der Waals surface area contributed by atoms with Crippen LogP contribution in [0.25, 0.3) is 0 Å². The van der Waals surface area contributed by atoms with Crippen molar-refractivity contribution in [3.63, 3.8) is 0 Å². The summed E-state index contributed by atoms with van der Waals surface area (Å²) in [7, 11) is 0. The zero-order chi connectivity index (χ0) is 13.9. The minimum atomic E-state index is 0.790. The fraction of sp³-hybridized carbons (Fsp3) is 1.00. The number of hydrogen-bond donors (Lipinski definition) is 1. The van der Waals surface area contributed by atoms with E-state index < -0.39 is 0 Å². The van der Waals surface area contributed by atoms with Gasteiger partial charge in [-0.15, -0.1) is 0 Å². The number of rotatable bonds is 9. The van der Waals surface area contributed by atoms with Crippen molar-refractivity contribution in [3.8, 4) is 0 Å². The SMILES string of the molecule is CCCCC(CCC)NC1CCCC(CCC)CC1. The second-order valence-electron chi connectivity index (χ2n) is 6.65. The Morgan fingerprint density at radius 1 is 0.895 bits per heavy atom. The summed E-state index contributed by atoms with van der Waals surface area (Å²) in [6.45, 7) is 6.97. The molecule has 0 aromatic heterocycles. The van der Waals surface area contributed by atoms with Crippen molar-refractivity contribution < 1.29 is 0 Å². The van der Waals surface area contributed by atoms with Crippen LogP contribution in [-0.2, 0) is 0 Å². The molecule has 0 spiro atoms. The maximum Gasteiger partial charge on any atom is 0.00697 e. The van der Waals surface area contributed by atoms with Gasteiger partial charge in [0, 0.05) is 12.1 Å². The van der Waals surface area contributed by atoms with E-state index in [1.807, 2.05) is 0 Å². The van der Waals surface area contributed by atoms with E-state index in [-0.39, 0.29) is 0 Å². The molecule has 0 amide bonds. The molecule has 1 fully saturated rings. The first-order valence-electron chi connectivity index (χ1n) is 9.06. The van der Waals surface area contributed by atoms with Gasteiger partial charge in [0.05, 0.1) is 0 Å². The fourth-order valence-electron chi connectivity index (χ4n) is 3.69. The van der Waals surface area contributed by atoms with Gasteiger partial charge in [-0.1, -0.05) is 65.7 Å². The van der Waals surface area contributed by atoms with Gasteiger partial charge in [0.1, 0.15) is 0 Å². The first-order valence-corrected chi connectivity index (χ1v) is 9.06. The number of nitrogens with one attached hydrogen (secondary N) is 1. The summed E-state index contributed by atoms with van der Waals surface area (Å²) in [5, 5.41) is 3.99. The van der Waals surface area contributed by atoms with Crippen molar-refractivity contribution >= 4 is 0 Å². The van der Waals surface area contributed by atoms with E-state index >= 15 is 0 Å². The van der Waals surface area contributed by atoms with Crippen LogP contribution in [0.1, 0.15) is 97.8 Å². The van der Waals surface area contributed by atoms with Crippen molar-refractivity contribution in [3.05, 3.63) is 0 Å². The molecule has 1 nitrogen and oxygen atoms in total. The van der Waals surface area contributed by atoms with Gasteiger partial charge in [-0.3, -0.25) is 0 Å². The lowest BCUT2D eigenvalue weighted by atomic mass is 9.95. The van der Waals surface area contributed by atoms with Crippen LogP contribution in [-0.4, -0.2) is 12.1 Å². The van der Waals surface area contributed by atoms with Crippen LogP contribution in [0.2, 0.25) is 0 Å². The number of unbranched alkanes of at least 4 members (excludes halogenated alkanes) is 1. The summed E-state index contributed by atoms with van der Waals surface area (Å²) in [5.74, 6) is 1.03. The average Bonchev–Trinajstić information content (AvgIpc) is 2.62. The molecule has 0 radical (unpaired) electrons. The zero-order valence-corrected chi connectivity index (χ0v) is 13.7. The monoisotopic (exact) mass is 267 g/mol. The lowest BCUT2D eigenvalue weighted by Gasteiger charge is -2.25. The molecule has 1 N–H and O–H groups in total. The molecule has 1 saturated carbocycles. The molecule has 0 aromatic carbocycles. The highest BCUT2D eigenvalue weighted by Gasteiger charge is 2.20. The van der Waals surface area contributed by atoms with Gasteiger partial charge in [-0.2, -0.15) is 0 Å². The van der Waals surface area contributed by atoms with Gasteiger partial charge >= 0.3 is 0 Å². The predicted octanol–water partition coefficient (Wildman–Crippen LogP) is 5.68. The Labute approximate surface area is 121 Å². The van der Waals surface area contributed by atoms with Crippen molar-refractivity contribution in [2.75, 3.05) is 0 Å².